The topological polar surface area (TPSA) is 0 Å². The lowest BCUT2D eigenvalue weighted by molar-refractivity contribution is 0.619. The van der Waals surface area contributed by atoms with Gasteiger partial charge in [0.15, 0.2) is 0 Å². The fraction of sp³-hybridized carbons (Fsp3) is 0. The molecule has 73 valence electrons. The first-order valence-electron chi connectivity index (χ1n) is 4.49. The van der Waals surface area contributed by atoms with E-state index in [0.29, 0.717) is 0 Å². The van der Waals surface area contributed by atoms with Crippen LogP contribution in [0.3, 0.4) is 0 Å². The van der Waals surface area contributed by atoms with Crippen LogP contribution in [0.15, 0.2) is 56.0 Å². The van der Waals surface area contributed by atoms with Crippen molar-refractivity contribution in [3.05, 3.63) is 48.3 Å². The Balaban J connectivity index is 2.11. The van der Waals surface area contributed by atoms with E-state index in [1.54, 1.807) is 23.5 Å². The normalized spacial score (nSPS) is 13.1. The van der Waals surface area contributed by atoms with Crippen LogP contribution in [-0.4, -0.2) is 0 Å². The van der Waals surface area contributed by atoms with Gasteiger partial charge in [-0.05, 0) is 24.3 Å². The molecule has 0 atom stereocenters. The SMILES string of the molecule is Fc1[c]c2c(cc1)Sc1ccccc1S2. The molecule has 0 saturated heterocycles. The van der Waals surface area contributed by atoms with Crippen molar-refractivity contribution in [2.45, 2.75) is 19.6 Å². The molecule has 0 N–H and O–H groups in total. The molecule has 2 aromatic rings. The van der Waals surface area contributed by atoms with Crippen LogP contribution in [0.2, 0.25) is 0 Å². The molecular formula is C12H6FS2. The molecule has 3 rings (SSSR count). The van der Waals surface area contributed by atoms with Crippen molar-refractivity contribution in [1.82, 2.24) is 0 Å². The van der Waals surface area contributed by atoms with Gasteiger partial charge in [0, 0.05) is 25.6 Å². The molecule has 1 aliphatic heterocycles. The predicted octanol–water partition coefficient (Wildman–Crippen LogP) is 4.24. The number of rotatable bonds is 0. The third kappa shape index (κ3) is 1.66. The summed E-state index contributed by atoms with van der Waals surface area (Å²) in [4.78, 5) is 4.38. The molecule has 0 aromatic heterocycles. The second kappa shape index (κ2) is 3.58. The highest BCUT2D eigenvalue weighted by Crippen LogP contribution is 2.47. The fourth-order valence-corrected chi connectivity index (χ4v) is 3.62. The van der Waals surface area contributed by atoms with Crippen LogP contribution in [0.25, 0.3) is 0 Å². The van der Waals surface area contributed by atoms with Gasteiger partial charge >= 0.3 is 0 Å². The van der Waals surface area contributed by atoms with Gasteiger partial charge in [0.05, 0.1) is 0 Å². The Kier molecular flexibility index (Phi) is 2.22. The lowest BCUT2D eigenvalue weighted by atomic mass is 10.3. The van der Waals surface area contributed by atoms with Crippen molar-refractivity contribution >= 4 is 23.5 Å². The fourth-order valence-electron chi connectivity index (χ4n) is 1.44. The molecule has 0 aliphatic carbocycles. The van der Waals surface area contributed by atoms with E-state index in [-0.39, 0.29) is 5.82 Å². The number of benzene rings is 2. The van der Waals surface area contributed by atoms with E-state index in [1.165, 1.54) is 15.9 Å². The summed E-state index contributed by atoms with van der Waals surface area (Å²) < 4.78 is 13.0. The zero-order valence-electron chi connectivity index (χ0n) is 7.66. The monoisotopic (exact) mass is 233 g/mol. The molecular weight excluding hydrogens is 227 g/mol. The molecule has 0 bridgehead atoms. The first-order chi connectivity index (χ1) is 7.33. The minimum absolute atomic E-state index is 0.291. The maximum atomic E-state index is 13.0. The highest BCUT2D eigenvalue weighted by Gasteiger charge is 2.16. The smallest absolute Gasteiger partial charge is 0.132 e. The van der Waals surface area contributed by atoms with Gasteiger partial charge in [0.2, 0.25) is 0 Å². The molecule has 3 heteroatoms. The second-order valence-electron chi connectivity index (χ2n) is 3.15. The van der Waals surface area contributed by atoms with Crippen LogP contribution in [-0.2, 0) is 0 Å². The summed E-state index contributed by atoms with van der Waals surface area (Å²) in [7, 11) is 0. The summed E-state index contributed by atoms with van der Waals surface area (Å²) in [6, 6.07) is 14.2. The molecule has 1 aliphatic rings. The Morgan fingerprint density at radius 2 is 1.60 bits per heavy atom. The molecule has 1 heterocycles. The third-order valence-corrected chi connectivity index (χ3v) is 4.62. The van der Waals surface area contributed by atoms with E-state index in [1.807, 2.05) is 18.2 Å². The Morgan fingerprint density at radius 3 is 2.40 bits per heavy atom. The van der Waals surface area contributed by atoms with Crippen LogP contribution >= 0.6 is 23.5 Å². The molecule has 15 heavy (non-hydrogen) atoms. The number of hydrogen-bond donors (Lipinski definition) is 0. The third-order valence-electron chi connectivity index (χ3n) is 2.12. The molecule has 0 nitrogen and oxygen atoms in total. The summed E-state index contributed by atoms with van der Waals surface area (Å²) in [5.41, 5.74) is 0. The van der Waals surface area contributed by atoms with E-state index in [9.17, 15) is 4.39 Å². The zero-order valence-corrected chi connectivity index (χ0v) is 9.29. The van der Waals surface area contributed by atoms with Crippen molar-refractivity contribution < 1.29 is 4.39 Å². The first-order valence-corrected chi connectivity index (χ1v) is 6.13. The molecule has 1 radical (unpaired) electrons. The largest absolute Gasteiger partial charge is 0.206 e. The van der Waals surface area contributed by atoms with E-state index in [2.05, 4.69) is 18.2 Å². The van der Waals surface area contributed by atoms with Crippen molar-refractivity contribution in [3.63, 3.8) is 0 Å². The molecule has 2 aromatic carbocycles. The average molecular weight is 233 g/mol. The van der Waals surface area contributed by atoms with E-state index >= 15 is 0 Å². The van der Waals surface area contributed by atoms with E-state index < -0.39 is 0 Å². The predicted molar refractivity (Wildman–Crippen MR) is 59.9 cm³/mol. The number of halogens is 1. The average Bonchev–Trinajstić information content (AvgIpc) is 2.26. The van der Waals surface area contributed by atoms with Crippen LogP contribution in [0, 0.1) is 11.9 Å². The summed E-state index contributed by atoms with van der Waals surface area (Å²) in [6.07, 6.45) is 0. The summed E-state index contributed by atoms with van der Waals surface area (Å²) in [5, 5.41) is 0. The van der Waals surface area contributed by atoms with Gasteiger partial charge in [-0.15, -0.1) is 0 Å². The Hall–Kier alpha value is -0.930. The number of hydrogen-bond acceptors (Lipinski definition) is 2. The molecule has 0 saturated carbocycles. The summed E-state index contributed by atoms with van der Waals surface area (Å²) in [5.74, 6) is -0.291. The number of fused-ring (bicyclic) bond motifs is 2. The van der Waals surface area contributed by atoms with Crippen molar-refractivity contribution in [2.24, 2.45) is 0 Å². The van der Waals surface area contributed by atoms with Crippen LogP contribution < -0.4 is 0 Å². The van der Waals surface area contributed by atoms with Crippen molar-refractivity contribution in [2.75, 3.05) is 0 Å². The maximum Gasteiger partial charge on any atom is 0.132 e. The molecule has 0 fully saturated rings. The quantitative estimate of drug-likeness (QED) is 0.569. The van der Waals surface area contributed by atoms with Gasteiger partial charge < -0.3 is 0 Å². The minimum Gasteiger partial charge on any atom is -0.206 e. The highest BCUT2D eigenvalue weighted by molar-refractivity contribution is 8.05. The van der Waals surface area contributed by atoms with Crippen LogP contribution in [0.4, 0.5) is 4.39 Å². The summed E-state index contributed by atoms with van der Waals surface area (Å²) >= 11 is 3.25. The lowest BCUT2D eigenvalue weighted by Gasteiger charge is -2.17. The van der Waals surface area contributed by atoms with Crippen LogP contribution in [0.1, 0.15) is 0 Å². The second-order valence-corrected chi connectivity index (χ2v) is 5.29. The Labute approximate surface area is 95.9 Å². The van der Waals surface area contributed by atoms with Crippen LogP contribution in [0.5, 0.6) is 0 Å². The maximum absolute atomic E-state index is 13.0. The molecule has 0 unspecified atom stereocenters. The molecule has 0 amide bonds. The van der Waals surface area contributed by atoms with Gasteiger partial charge in [-0.2, -0.15) is 0 Å². The van der Waals surface area contributed by atoms with Crippen molar-refractivity contribution in [1.29, 1.82) is 0 Å². The highest BCUT2D eigenvalue weighted by atomic mass is 32.2. The van der Waals surface area contributed by atoms with Gasteiger partial charge in [-0.1, -0.05) is 35.7 Å². The van der Waals surface area contributed by atoms with E-state index in [0.717, 1.165) is 9.79 Å². The Morgan fingerprint density at radius 1 is 0.867 bits per heavy atom. The van der Waals surface area contributed by atoms with Crippen molar-refractivity contribution in [3.8, 4) is 0 Å². The Bertz CT molecular complexity index is 523. The molecule has 0 spiro atoms. The van der Waals surface area contributed by atoms with Gasteiger partial charge in [0.25, 0.3) is 0 Å². The van der Waals surface area contributed by atoms with Gasteiger partial charge in [0.1, 0.15) is 5.82 Å². The van der Waals surface area contributed by atoms with E-state index in [4.69, 9.17) is 0 Å². The van der Waals surface area contributed by atoms with Gasteiger partial charge in [-0.3, -0.25) is 0 Å². The standard InChI is InChI=1S/C12H6FS2/c13-8-5-6-11-12(7-8)15-10-4-2-1-3-9(10)14-11/h1-6H. The lowest BCUT2D eigenvalue weighted by Crippen LogP contribution is -1.90. The van der Waals surface area contributed by atoms with Gasteiger partial charge in [-0.25, -0.2) is 4.39 Å². The summed E-state index contributed by atoms with van der Waals surface area (Å²) in [6.45, 7) is 0. The first kappa shape index (κ1) is 9.31. The zero-order chi connectivity index (χ0) is 10.3. The minimum atomic E-state index is -0.291.